The van der Waals surface area contributed by atoms with Crippen LogP contribution in [-0.4, -0.2) is 42.4 Å². The van der Waals surface area contributed by atoms with Gasteiger partial charge in [-0.1, -0.05) is 23.7 Å². The lowest BCUT2D eigenvalue weighted by atomic mass is 10.2. The van der Waals surface area contributed by atoms with Crippen molar-refractivity contribution in [2.45, 2.75) is 13.5 Å². The minimum Gasteiger partial charge on any atom is -0.462 e. The van der Waals surface area contributed by atoms with Crippen LogP contribution in [0.1, 0.15) is 28.8 Å². The van der Waals surface area contributed by atoms with Gasteiger partial charge in [-0.15, -0.1) is 0 Å². The number of amides is 4. The summed E-state index contributed by atoms with van der Waals surface area (Å²) >= 11 is 5.93. The molecule has 4 amide bonds. The van der Waals surface area contributed by atoms with E-state index in [9.17, 15) is 24.0 Å². The molecule has 196 valence electrons. The predicted octanol–water partition coefficient (Wildman–Crippen LogP) is 2.45. The van der Waals surface area contributed by atoms with Crippen molar-refractivity contribution in [2.24, 2.45) is 5.10 Å². The highest BCUT2D eigenvalue weighted by Crippen LogP contribution is 2.20. The number of halogens is 1. The van der Waals surface area contributed by atoms with Gasteiger partial charge in [-0.2, -0.15) is 5.10 Å². The fraction of sp³-hybridized carbons (Fsp3) is 0.120. The molecule has 2 aromatic carbocycles. The van der Waals surface area contributed by atoms with E-state index < -0.39 is 29.6 Å². The number of esters is 1. The Morgan fingerprint density at radius 2 is 1.61 bits per heavy atom. The summed E-state index contributed by atoms with van der Waals surface area (Å²) in [4.78, 5) is 59.7. The fourth-order valence-corrected chi connectivity index (χ4v) is 3.03. The SMILES string of the molecule is CCOC(=O)c1ccc(NC(=O)C(=O)NCc2ccc(/C=N/NC(=O)C(=O)Nc3ccccc3Cl)o2)cc1. The van der Waals surface area contributed by atoms with Gasteiger partial charge in [0.1, 0.15) is 11.5 Å². The minimum absolute atomic E-state index is 0.103. The molecule has 0 saturated carbocycles. The highest BCUT2D eigenvalue weighted by atomic mass is 35.5. The topological polar surface area (TPSA) is 168 Å². The molecule has 0 saturated heterocycles. The van der Waals surface area contributed by atoms with Crippen molar-refractivity contribution in [1.82, 2.24) is 10.7 Å². The second-order valence-electron chi connectivity index (χ2n) is 7.37. The first-order valence-electron chi connectivity index (χ1n) is 11.1. The van der Waals surface area contributed by atoms with Gasteiger partial charge in [0.05, 0.1) is 35.6 Å². The summed E-state index contributed by atoms with van der Waals surface area (Å²) < 4.78 is 10.3. The molecule has 0 bridgehead atoms. The maximum Gasteiger partial charge on any atom is 0.338 e. The number of hydrogen-bond donors (Lipinski definition) is 4. The summed E-state index contributed by atoms with van der Waals surface area (Å²) in [5.41, 5.74) is 2.95. The van der Waals surface area contributed by atoms with E-state index in [1.165, 1.54) is 42.5 Å². The van der Waals surface area contributed by atoms with Crippen LogP contribution in [0.3, 0.4) is 0 Å². The van der Waals surface area contributed by atoms with Crippen molar-refractivity contribution >= 4 is 58.8 Å². The Morgan fingerprint density at radius 3 is 2.32 bits per heavy atom. The van der Waals surface area contributed by atoms with E-state index in [-0.39, 0.29) is 29.6 Å². The first-order chi connectivity index (χ1) is 18.3. The third-order valence-electron chi connectivity index (χ3n) is 4.65. The number of hydrazone groups is 1. The Balaban J connectivity index is 1.43. The third-order valence-corrected chi connectivity index (χ3v) is 4.98. The van der Waals surface area contributed by atoms with Gasteiger partial charge in [-0.25, -0.2) is 10.2 Å². The molecule has 4 N–H and O–H groups in total. The van der Waals surface area contributed by atoms with E-state index in [1.54, 1.807) is 25.1 Å². The number of carbonyl (C=O) groups is 5. The van der Waals surface area contributed by atoms with Gasteiger partial charge in [0.25, 0.3) is 0 Å². The van der Waals surface area contributed by atoms with Gasteiger partial charge >= 0.3 is 29.6 Å². The maximum absolute atomic E-state index is 12.1. The summed E-state index contributed by atoms with van der Waals surface area (Å²) in [6.07, 6.45) is 1.15. The van der Waals surface area contributed by atoms with Crippen molar-refractivity contribution in [3.8, 4) is 0 Å². The van der Waals surface area contributed by atoms with E-state index in [0.29, 0.717) is 17.0 Å². The monoisotopic (exact) mass is 539 g/mol. The van der Waals surface area contributed by atoms with Crippen LogP contribution in [0, 0.1) is 0 Å². The van der Waals surface area contributed by atoms with Crippen molar-refractivity contribution in [3.05, 3.63) is 82.8 Å². The first-order valence-corrected chi connectivity index (χ1v) is 11.5. The van der Waals surface area contributed by atoms with Crippen LogP contribution in [0.4, 0.5) is 11.4 Å². The Kier molecular flexibility index (Phi) is 9.72. The van der Waals surface area contributed by atoms with Crippen LogP contribution < -0.4 is 21.4 Å². The van der Waals surface area contributed by atoms with Crippen molar-refractivity contribution in [3.63, 3.8) is 0 Å². The minimum atomic E-state index is -1.03. The average Bonchev–Trinajstić information content (AvgIpc) is 3.36. The van der Waals surface area contributed by atoms with Gasteiger partial charge in [0.15, 0.2) is 0 Å². The van der Waals surface area contributed by atoms with Gasteiger partial charge in [0, 0.05) is 5.69 Å². The molecule has 0 aliphatic rings. The van der Waals surface area contributed by atoms with E-state index in [1.807, 2.05) is 0 Å². The molecule has 3 aromatic rings. The Morgan fingerprint density at radius 1 is 0.895 bits per heavy atom. The van der Waals surface area contributed by atoms with E-state index >= 15 is 0 Å². The highest BCUT2D eigenvalue weighted by molar-refractivity contribution is 6.41. The summed E-state index contributed by atoms with van der Waals surface area (Å²) in [5.74, 6) is -3.80. The molecule has 0 spiro atoms. The average molecular weight is 540 g/mol. The molecular weight excluding hydrogens is 518 g/mol. The molecule has 13 heteroatoms. The Hall–Kier alpha value is -4.97. The van der Waals surface area contributed by atoms with E-state index in [2.05, 4.69) is 26.5 Å². The molecule has 38 heavy (non-hydrogen) atoms. The summed E-state index contributed by atoms with van der Waals surface area (Å²) in [7, 11) is 0. The summed E-state index contributed by atoms with van der Waals surface area (Å²) in [6, 6.07) is 15.3. The highest BCUT2D eigenvalue weighted by Gasteiger charge is 2.16. The van der Waals surface area contributed by atoms with Gasteiger partial charge in [-0.3, -0.25) is 19.2 Å². The smallest absolute Gasteiger partial charge is 0.338 e. The lowest BCUT2D eigenvalue weighted by molar-refractivity contribution is -0.136. The van der Waals surface area contributed by atoms with Crippen molar-refractivity contribution in [2.75, 3.05) is 17.2 Å². The largest absolute Gasteiger partial charge is 0.462 e. The molecule has 0 atom stereocenters. The molecule has 0 aliphatic carbocycles. The second kappa shape index (κ2) is 13.4. The molecule has 0 aliphatic heterocycles. The molecule has 1 heterocycles. The zero-order valence-corrected chi connectivity index (χ0v) is 20.7. The van der Waals surface area contributed by atoms with Crippen molar-refractivity contribution < 1.29 is 33.1 Å². The maximum atomic E-state index is 12.1. The molecule has 0 fully saturated rings. The number of hydrogen-bond acceptors (Lipinski definition) is 8. The number of anilines is 2. The zero-order valence-electron chi connectivity index (χ0n) is 19.9. The van der Waals surface area contributed by atoms with Crippen LogP contribution >= 0.6 is 11.6 Å². The lowest BCUT2D eigenvalue weighted by Gasteiger charge is -2.07. The van der Waals surface area contributed by atoms with Gasteiger partial charge < -0.3 is 25.1 Å². The number of benzene rings is 2. The molecule has 3 rings (SSSR count). The quantitative estimate of drug-likeness (QED) is 0.147. The van der Waals surface area contributed by atoms with Crippen LogP contribution in [-0.2, 0) is 30.5 Å². The molecule has 0 radical (unpaired) electrons. The Labute approximate surface area is 221 Å². The number of furan rings is 1. The van der Waals surface area contributed by atoms with Crippen LogP contribution in [0.15, 0.2) is 70.2 Å². The predicted molar refractivity (Wildman–Crippen MR) is 137 cm³/mol. The molecule has 1 aromatic heterocycles. The number of carbonyl (C=O) groups excluding carboxylic acids is 5. The summed E-state index contributed by atoms with van der Waals surface area (Å²) in [6.45, 7) is 1.83. The number of nitrogens with one attached hydrogen (secondary N) is 4. The lowest BCUT2D eigenvalue weighted by Crippen LogP contribution is -2.34. The summed E-state index contributed by atoms with van der Waals surface area (Å²) in [5, 5.41) is 11.1. The number of nitrogens with zero attached hydrogens (tertiary/aromatic N) is 1. The van der Waals surface area contributed by atoms with E-state index in [4.69, 9.17) is 20.8 Å². The van der Waals surface area contributed by atoms with Crippen molar-refractivity contribution in [1.29, 1.82) is 0 Å². The van der Waals surface area contributed by atoms with E-state index in [0.717, 1.165) is 6.21 Å². The normalized spacial score (nSPS) is 10.5. The third kappa shape index (κ3) is 8.03. The standard InChI is InChI=1S/C25H22ClN5O7/c1-2-37-25(36)15-7-9-16(10-8-15)29-22(33)21(32)27-13-17-11-12-18(38-17)14-28-31-24(35)23(34)30-20-6-4-3-5-19(20)26/h3-12,14H,2,13H2,1H3,(H,27,32)(H,29,33)(H,30,34)(H,31,35)/b28-14+. The second-order valence-corrected chi connectivity index (χ2v) is 7.78. The van der Waals surface area contributed by atoms with Gasteiger partial charge in [-0.05, 0) is 55.5 Å². The number of rotatable bonds is 8. The first kappa shape index (κ1) is 27.6. The molecular formula is C25H22ClN5O7. The number of ether oxygens (including phenoxy) is 1. The Bertz CT molecular complexity index is 1370. The molecule has 12 nitrogen and oxygen atoms in total. The van der Waals surface area contributed by atoms with Gasteiger partial charge in [0.2, 0.25) is 0 Å². The molecule has 0 unspecified atom stereocenters. The zero-order chi connectivity index (χ0) is 27.5. The van der Waals surface area contributed by atoms with Crippen LogP contribution in [0.2, 0.25) is 5.02 Å². The van der Waals surface area contributed by atoms with Crippen LogP contribution in [0.25, 0.3) is 0 Å². The number of para-hydroxylation sites is 1. The van der Waals surface area contributed by atoms with Crippen LogP contribution in [0.5, 0.6) is 0 Å². The fourth-order valence-electron chi connectivity index (χ4n) is 2.85.